The van der Waals surface area contributed by atoms with E-state index in [1.165, 1.54) is 0 Å². The van der Waals surface area contributed by atoms with Crippen molar-refractivity contribution < 1.29 is 14.3 Å². The van der Waals surface area contributed by atoms with E-state index in [-0.39, 0.29) is 17.9 Å². The Kier molecular flexibility index (Phi) is 5.36. The first-order valence-corrected chi connectivity index (χ1v) is 10.4. The van der Waals surface area contributed by atoms with Crippen molar-refractivity contribution in [1.29, 1.82) is 0 Å². The highest BCUT2D eigenvalue weighted by molar-refractivity contribution is 7.10. The second-order valence-electron chi connectivity index (χ2n) is 6.86. The molecule has 0 radical (unpaired) electrons. The fourth-order valence-corrected chi connectivity index (χ4v) is 4.74. The van der Waals surface area contributed by atoms with Crippen molar-refractivity contribution in [1.82, 2.24) is 4.90 Å². The van der Waals surface area contributed by atoms with Crippen LogP contribution in [0.25, 0.3) is 0 Å². The number of nitrogens with zero attached hydrogens (tertiary/aromatic N) is 1. The monoisotopic (exact) mass is 406 g/mol. The summed E-state index contributed by atoms with van der Waals surface area (Å²) >= 11 is 1.55. The fraction of sp³-hybridized carbons (Fsp3) is 0.217. The average molecular weight is 407 g/mol. The molecular formula is C23H22N2O3S. The number of benzene rings is 2. The van der Waals surface area contributed by atoms with E-state index in [9.17, 15) is 9.59 Å². The molecule has 0 aliphatic carbocycles. The quantitative estimate of drug-likeness (QED) is 0.668. The van der Waals surface area contributed by atoms with Crippen LogP contribution in [-0.2, 0) is 4.79 Å². The van der Waals surface area contributed by atoms with E-state index in [1.807, 2.05) is 66.9 Å². The fourth-order valence-electron chi connectivity index (χ4n) is 3.83. The number of hydrogen-bond acceptors (Lipinski definition) is 4. The molecule has 1 N–H and O–H groups in total. The molecule has 2 heterocycles. The lowest BCUT2D eigenvalue weighted by molar-refractivity contribution is -0.119. The SMILES string of the molecule is CCOc1ccccc1NC(=O)[C@H]1c2ccccc2C(=O)N(C)[C@@H]1c1cccs1. The van der Waals surface area contributed by atoms with E-state index >= 15 is 0 Å². The van der Waals surface area contributed by atoms with Crippen LogP contribution >= 0.6 is 11.3 Å². The maximum Gasteiger partial charge on any atom is 0.254 e. The molecule has 0 fully saturated rings. The van der Waals surface area contributed by atoms with E-state index in [2.05, 4.69) is 5.32 Å². The first kappa shape index (κ1) is 19.2. The van der Waals surface area contributed by atoms with Gasteiger partial charge in [-0.15, -0.1) is 11.3 Å². The van der Waals surface area contributed by atoms with E-state index in [0.717, 1.165) is 10.4 Å². The maximum absolute atomic E-state index is 13.5. The topological polar surface area (TPSA) is 58.6 Å². The molecule has 5 nitrogen and oxygen atoms in total. The molecule has 1 aliphatic heterocycles. The number of para-hydroxylation sites is 2. The van der Waals surface area contributed by atoms with Gasteiger partial charge in [-0.05, 0) is 42.1 Å². The Morgan fingerprint density at radius 1 is 1.10 bits per heavy atom. The van der Waals surface area contributed by atoms with Crippen molar-refractivity contribution in [3.63, 3.8) is 0 Å². The van der Waals surface area contributed by atoms with Crippen LogP contribution in [0.15, 0.2) is 66.0 Å². The number of carbonyl (C=O) groups is 2. The smallest absolute Gasteiger partial charge is 0.254 e. The maximum atomic E-state index is 13.5. The highest BCUT2D eigenvalue weighted by Gasteiger charge is 2.43. The molecule has 2 atom stereocenters. The molecular weight excluding hydrogens is 384 g/mol. The van der Waals surface area contributed by atoms with Gasteiger partial charge in [0.1, 0.15) is 5.75 Å². The predicted molar refractivity (Wildman–Crippen MR) is 115 cm³/mol. The lowest BCUT2D eigenvalue weighted by Gasteiger charge is -2.39. The first-order valence-electron chi connectivity index (χ1n) is 9.54. The highest BCUT2D eigenvalue weighted by atomic mass is 32.1. The van der Waals surface area contributed by atoms with E-state index in [1.54, 1.807) is 29.4 Å². The average Bonchev–Trinajstić information content (AvgIpc) is 3.26. The second kappa shape index (κ2) is 8.09. The predicted octanol–water partition coefficient (Wildman–Crippen LogP) is 4.70. The molecule has 2 amide bonds. The van der Waals surface area contributed by atoms with Gasteiger partial charge in [-0.1, -0.05) is 36.4 Å². The van der Waals surface area contributed by atoms with Crippen LogP contribution in [0, 0.1) is 0 Å². The van der Waals surface area contributed by atoms with Crippen LogP contribution in [-0.4, -0.2) is 30.4 Å². The minimum Gasteiger partial charge on any atom is -0.492 e. The summed E-state index contributed by atoms with van der Waals surface area (Å²) in [5.41, 5.74) is 1.95. The third kappa shape index (κ3) is 3.51. The third-order valence-electron chi connectivity index (χ3n) is 5.14. The summed E-state index contributed by atoms with van der Waals surface area (Å²) in [6.45, 7) is 2.41. The molecule has 6 heteroatoms. The molecule has 29 heavy (non-hydrogen) atoms. The number of anilines is 1. The molecule has 2 aromatic carbocycles. The van der Waals surface area contributed by atoms with E-state index < -0.39 is 5.92 Å². The number of carbonyl (C=O) groups excluding carboxylic acids is 2. The Hall–Kier alpha value is -3.12. The third-order valence-corrected chi connectivity index (χ3v) is 6.08. The van der Waals surface area contributed by atoms with Gasteiger partial charge in [0.05, 0.1) is 24.3 Å². The number of ether oxygens (including phenoxy) is 1. The molecule has 1 aliphatic rings. The lowest BCUT2D eigenvalue weighted by Crippen LogP contribution is -2.43. The van der Waals surface area contributed by atoms with Crippen molar-refractivity contribution in [3.8, 4) is 5.75 Å². The molecule has 3 aromatic rings. The van der Waals surface area contributed by atoms with Gasteiger partial charge in [0.15, 0.2) is 0 Å². The van der Waals surface area contributed by atoms with Gasteiger partial charge in [0.2, 0.25) is 5.91 Å². The van der Waals surface area contributed by atoms with Crippen LogP contribution in [0.4, 0.5) is 5.69 Å². The van der Waals surface area contributed by atoms with Gasteiger partial charge in [0, 0.05) is 17.5 Å². The Bertz CT molecular complexity index is 1030. The van der Waals surface area contributed by atoms with Gasteiger partial charge in [-0.25, -0.2) is 0 Å². The molecule has 0 saturated heterocycles. The minimum absolute atomic E-state index is 0.0715. The Balaban J connectivity index is 1.77. The second-order valence-corrected chi connectivity index (χ2v) is 7.84. The normalized spacial score (nSPS) is 18.3. The standard InChI is InChI=1S/C23H22N2O3S/c1-3-28-18-12-7-6-11-17(18)24-22(26)20-15-9-4-5-10-16(15)23(27)25(2)21(20)19-13-8-14-29-19/h4-14,20-21H,3H2,1-2H3,(H,24,26)/t20-,21+/m0/s1. The molecule has 0 bridgehead atoms. The van der Waals surface area contributed by atoms with Crippen molar-refractivity contribution in [2.24, 2.45) is 0 Å². The summed E-state index contributed by atoms with van der Waals surface area (Å²) < 4.78 is 5.65. The molecule has 148 valence electrons. The highest BCUT2D eigenvalue weighted by Crippen LogP contribution is 2.44. The van der Waals surface area contributed by atoms with Gasteiger partial charge >= 0.3 is 0 Å². The van der Waals surface area contributed by atoms with Crippen LogP contribution in [0.5, 0.6) is 5.75 Å². The minimum atomic E-state index is -0.526. The zero-order chi connectivity index (χ0) is 20.4. The molecule has 0 spiro atoms. The first-order chi connectivity index (χ1) is 14.1. The van der Waals surface area contributed by atoms with Gasteiger partial charge in [-0.2, -0.15) is 0 Å². The van der Waals surface area contributed by atoms with Crippen LogP contribution in [0.2, 0.25) is 0 Å². The number of rotatable bonds is 5. The van der Waals surface area contributed by atoms with E-state index in [0.29, 0.717) is 23.6 Å². The Morgan fingerprint density at radius 2 is 1.86 bits per heavy atom. The number of hydrogen-bond donors (Lipinski definition) is 1. The summed E-state index contributed by atoms with van der Waals surface area (Å²) in [5, 5.41) is 5.00. The molecule has 4 rings (SSSR count). The summed E-state index contributed by atoms with van der Waals surface area (Å²) in [4.78, 5) is 29.2. The Labute approximate surface area is 173 Å². The Morgan fingerprint density at radius 3 is 2.62 bits per heavy atom. The van der Waals surface area contributed by atoms with Crippen LogP contribution in [0.1, 0.15) is 39.7 Å². The zero-order valence-electron chi connectivity index (χ0n) is 16.3. The number of amides is 2. The number of nitrogens with one attached hydrogen (secondary N) is 1. The van der Waals surface area contributed by atoms with Crippen molar-refractivity contribution in [2.45, 2.75) is 18.9 Å². The van der Waals surface area contributed by atoms with Gasteiger partial charge < -0.3 is 15.0 Å². The number of thiophene rings is 1. The molecule has 1 aromatic heterocycles. The van der Waals surface area contributed by atoms with Crippen LogP contribution in [0.3, 0.4) is 0 Å². The van der Waals surface area contributed by atoms with Crippen molar-refractivity contribution >= 4 is 28.8 Å². The number of likely N-dealkylation sites (N-methyl/N-ethyl adjacent to an activating group) is 1. The van der Waals surface area contributed by atoms with Crippen molar-refractivity contribution in [3.05, 3.63) is 82.0 Å². The molecule has 0 unspecified atom stereocenters. The number of fused-ring (bicyclic) bond motifs is 1. The van der Waals surface area contributed by atoms with E-state index in [4.69, 9.17) is 4.74 Å². The summed E-state index contributed by atoms with van der Waals surface area (Å²) in [6, 6.07) is 18.3. The molecule has 0 saturated carbocycles. The largest absolute Gasteiger partial charge is 0.492 e. The summed E-state index contributed by atoms with van der Waals surface area (Å²) in [6.07, 6.45) is 0. The summed E-state index contributed by atoms with van der Waals surface area (Å²) in [7, 11) is 1.76. The van der Waals surface area contributed by atoms with Gasteiger partial charge in [-0.3, -0.25) is 9.59 Å². The summed E-state index contributed by atoms with van der Waals surface area (Å²) in [5.74, 6) is -0.132. The lowest BCUT2D eigenvalue weighted by atomic mass is 9.81. The van der Waals surface area contributed by atoms with Gasteiger partial charge in [0.25, 0.3) is 5.91 Å². The van der Waals surface area contributed by atoms with Crippen molar-refractivity contribution in [2.75, 3.05) is 19.0 Å². The zero-order valence-corrected chi connectivity index (χ0v) is 17.1. The van der Waals surface area contributed by atoms with Crippen LogP contribution < -0.4 is 10.1 Å².